The number of fused-ring (bicyclic) bond motifs is 1. The molecule has 0 fully saturated rings. The highest BCUT2D eigenvalue weighted by Crippen LogP contribution is 2.40. The zero-order valence-electron chi connectivity index (χ0n) is 11.1. The van der Waals surface area contributed by atoms with Gasteiger partial charge in [0.15, 0.2) is 0 Å². The van der Waals surface area contributed by atoms with Gasteiger partial charge in [-0.15, -0.1) is 0 Å². The van der Waals surface area contributed by atoms with Crippen LogP contribution in [0.25, 0.3) is 0 Å². The Morgan fingerprint density at radius 1 is 1.37 bits per heavy atom. The number of amides is 1. The lowest BCUT2D eigenvalue weighted by Gasteiger charge is -2.12. The van der Waals surface area contributed by atoms with E-state index in [1.165, 1.54) is 6.92 Å². The van der Waals surface area contributed by atoms with Crippen molar-refractivity contribution in [1.82, 2.24) is 5.32 Å². The van der Waals surface area contributed by atoms with Crippen molar-refractivity contribution in [3.63, 3.8) is 0 Å². The van der Waals surface area contributed by atoms with Crippen molar-refractivity contribution in [2.45, 2.75) is 38.8 Å². The molecule has 3 unspecified atom stereocenters. The molecule has 5 heteroatoms. The maximum absolute atomic E-state index is 12.1. The topological polar surface area (TPSA) is 75.6 Å². The average Bonchev–Trinajstić information content (AvgIpc) is 2.65. The summed E-state index contributed by atoms with van der Waals surface area (Å²) < 4.78 is 5.71. The first-order chi connectivity index (χ1) is 8.91. The van der Waals surface area contributed by atoms with E-state index in [4.69, 9.17) is 9.84 Å². The van der Waals surface area contributed by atoms with E-state index in [0.717, 1.165) is 5.56 Å². The summed E-state index contributed by atoms with van der Waals surface area (Å²) in [6.07, 6.45) is 0.0147. The van der Waals surface area contributed by atoms with Crippen LogP contribution in [0.2, 0.25) is 0 Å². The van der Waals surface area contributed by atoms with E-state index in [1.54, 1.807) is 12.1 Å². The fraction of sp³-hybridized carbons (Fsp3) is 0.429. The molecule has 0 radical (unpaired) electrons. The van der Waals surface area contributed by atoms with Gasteiger partial charge < -0.3 is 15.2 Å². The van der Waals surface area contributed by atoms with Gasteiger partial charge in [-0.25, -0.2) is 0 Å². The number of rotatable bonds is 3. The standard InChI is InChI=1S/C14H17NO4/c1-7-9(3)19-12-10(7)5-4-6-11(12)13(16)15-8(2)14(17)18/h4-9H,1-3H3,(H,15,16)(H,17,18). The van der Waals surface area contributed by atoms with E-state index in [1.807, 2.05) is 19.9 Å². The Balaban J connectivity index is 2.28. The Labute approximate surface area is 111 Å². The predicted octanol–water partition coefficient (Wildman–Crippen LogP) is 1.77. The van der Waals surface area contributed by atoms with Gasteiger partial charge in [0.05, 0.1) is 5.56 Å². The third kappa shape index (κ3) is 2.41. The summed E-state index contributed by atoms with van der Waals surface area (Å²) in [4.78, 5) is 22.8. The van der Waals surface area contributed by atoms with Gasteiger partial charge in [-0.2, -0.15) is 0 Å². The molecule has 1 heterocycles. The molecule has 1 aromatic rings. The molecule has 1 aliphatic heterocycles. The molecule has 102 valence electrons. The minimum absolute atomic E-state index is 0.0147. The van der Waals surface area contributed by atoms with Gasteiger partial charge in [0, 0.05) is 11.5 Å². The smallest absolute Gasteiger partial charge is 0.325 e. The Morgan fingerprint density at radius 3 is 2.68 bits per heavy atom. The fourth-order valence-electron chi connectivity index (χ4n) is 2.10. The van der Waals surface area contributed by atoms with E-state index in [-0.39, 0.29) is 12.0 Å². The summed E-state index contributed by atoms with van der Waals surface area (Å²) in [5.41, 5.74) is 1.38. The van der Waals surface area contributed by atoms with Crippen LogP contribution in [0.4, 0.5) is 0 Å². The van der Waals surface area contributed by atoms with Gasteiger partial charge in [-0.1, -0.05) is 19.1 Å². The number of benzene rings is 1. The predicted molar refractivity (Wildman–Crippen MR) is 69.5 cm³/mol. The van der Waals surface area contributed by atoms with Crippen LogP contribution >= 0.6 is 0 Å². The van der Waals surface area contributed by atoms with Crippen LogP contribution in [0, 0.1) is 0 Å². The average molecular weight is 263 g/mol. The third-order valence-corrected chi connectivity index (χ3v) is 3.51. The quantitative estimate of drug-likeness (QED) is 0.871. The van der Waals surface area contributed by atoms with Crippen LogP contribution in [0.1, 0.15) is 42.6 Å². The van der Waals surface area contributed by atoms with Crippen LogP contribution in [0.3, 0.4) is 0 Å². The highest BCUT2D eigenvalue weighted by atomic mass is 16.5. The zero-order valence-corrected chi connectivity index (χ0v) is 11.1. The van der Waals surface area contributed by atoms with Gasteiger partial charge in [0.2, 0.25) is 0 Å². The molecular weight excluding hydrogens is 246 g/mol. The molecule has 0 spiro atoms. The van der Waals surface area contributed by atoms with Crippen molar-refractivity contribution in [3.8, 4) is 5.75 Å². The minimum Gasteiger partial charge on any atom is -0.489 e. The first-order valence-electron chi connectivity index (χ1n) is 6.25. The number of ether oxygens (including phenoxy) is 1. The normalized spacial score (nSPS) is 22.3. The van der Waals surface area contributed by atoms with E-state index >= 15 is 0 Å². The number of nitrogens with one attached hydrogen (secondary N) is 1. The number of carboxylic acids is 1. The Morgan fingerprint density at radius 2 is 2.05 bits per heavy atom. The first kappa shape index (κ1) is 13.4. The molecule has 3 atom stereocenters. The van der Waals surface area contributed by atoms with Crippen molar-refractivity contribution < 1.29 is 19.4 Å². The maximum Gasteiger partial charge on any atom is 0.325 e. The van der Waals surface area contributed by atoms with Crippen molar-refractivity contribution in [3.05, 3.63) is 29.3 Å². The van der Waals surface area contributed by atoms with Crippen molar-refractivity contribution in [1.29, 1.82) is 0 Å². The van der Waals surface area contributed by atoms with Gasteiger partial charge in [-0.05, 0) is 19.9 Å². The number of hydrogen-bond donors (Lipinski definition) is 2. The Kier molecular flexibility index (Phi) is 3.46. The second-order valence-corrected chi connectivity index (χ2v) is 4.87. The summed E-state index contributed by atoms with van der Waals surface area (Å²) in [5, 5.41) is 11.2. The molecule has 5 nitrogen and oxygen atoms in total. The second kappa shape index (κ2) is 4.91. The SMILES string of the molecule is CC(NC(=O)c1cccc2c1OC(C)C2C)C(=O)O. The van der Waals surface area contributed by atoms with Gasteiger partial charge in [0.25, 0.3) is 5.91 Å². The number of para-hydroxylation sites is 1. The van der Waals surface area contributed by atoms with E-state index in [2.05, 4.69) is 5.32 Å². The van der Waals surface area contributed by atoms with E-state index in [9.17, 15) is 9.59 Å². The Hall–Kier alpha value is -2.04. The van der Waals surface area contributed by atoms with E-state index < -0.39 is 17.9 Å². The maximum atomic E-state index is 12.1. The Bertz CT molecular complexity index is 526. The van der Waals surface area contributed by atoms with Crippen LogP contribution in [-0.2, 0) is 4.79 Å². The summed E-state index contributed by atoms with van der Waals surface area (Å²) in [6, 6.07) is 4.44. The molecule has 1 aliphatic rings. The van der Waals surface area contributed by atoms with Crippen LogP contribution in [0.15, 0.2) is 18.2 Å². The van der Waals surface area contributed by atoms with Crippen LogP contribution < -0.4 is 10.1 Å². The third-order valence-electron chi connectivity index (χ3n) is 3.51. The molecule has 0 bridgehead atoms. The number of aliphatic carboxylic acids is 1. The lowest BCUT2D eigenvalue weighted by atomic mass is 9.97. The first-order valence-corrected chi connectivity index (χ1v) is 6.25. The summed E-state index contributed by atoms with van der Waals surface area (Å²) in [6.45, 7) is 5.42. The highest BCUT2D eigenvalue weighted by Gasteiger charge is 2.31. The molecule has 0 saturated heterocycles. The molecule has 0 aliphatic carbocycles. The molecule has 2 N–H and O–H groups in total. The number of hydrogen-bond acceptors (Lipinski definition) is 3. The highest BCUT2D eigenvalue weighted by molar-refractivity contribution is 5.99. The van der Waals surface area contributed by atoms with E-state index in [0.29, 0.717) is 11.3 Å². The fourth-order valence-corrected chi connectivity index (χ4v) is 2.10. The van der Waals surface area contributed by atoms with Crippen molar-refractivity contribution in [2.75, 3.05) is 0 Å². The number of carbonyl (C=O) groups is 2. The second-order valence-electron chi connectivity index (χ2n) is 4.87. The van der Waals surface area contributed by atoms with Gasteiger partial charge in [0.1, 0.15) is 17.9 Å². The molecule has 1 aromatic carbocycles. The molecule has 0 saturated carbocycles. The zero-order chi connectivity index (χ0) is 14.2. The lowest BCUT2D eigenvalue weighted by Crippen LogP contribution is -2.38. The van der Waals surface area contributed by atoms with Gasteiger partial charge >= 0.3 is 5.97 Å². The molecular formula is C14H17NO4. The number of carboxylic acid groups (broad SMARTS) is 1. The van der Waals surface area contributed by atoms with Crippen LogP contribution in [-0.4, -0.2) is 29.1 Å². The minimum atomic E-state index is -1.07. The summed E-state index contributed by atoms with van der Waals surface area (Å²) in [7, 11) is 0. The molecule has 0 aromatic heterocycles. The van der Waals surface area contributed by atoms with Crippen molar-refractivity contribution >= 4 is 11.9 Å². The lowest BCUT2D eigenvalue weighted by molar-refractivity contribution is -0.138. The summed E-state index contributed by atoms with van der Waals surface area (Å²) >= 11 is 0. The summed E-state index contributed by atoms with van der Waals surface area (Å²) in [5.74, 6) is -0.700. The van der Waals surface area contributed by atoms with Crippen LogP contribution in [0.5, 0.6) is 5.75 Å². The largest absolute Gasteiger partial charge is 0.489 e. The number of carbonyl (C=O) groups excluding carboxylic acids is 1. The molecule has 19 heavy (non-hydrogen) atoms. The monoisotopic (exact) mass is 263 g/mol. The molecule has 1 amide bonds. The van der Waals surface area contributed by atoms with Crippen molar-refractivity contribution in [2.24, 2.45) is 0 Å². The molecule has 2 rings (SSSR count). The van der Waals surface area contributed by atoms with Gasteiger partial charge in [-0.3, -0.25) is 9.59 Å².